The summed E-state index contributed by atoms with van der Waals surface area (Å²) in [6, 6.07) is 17.3. The molecule has 2 amide bonds. The molecule has 0 unspecified atom stereocenters. The monoisotopic (exact) mass is 398 g/mol. The van der Waals surface area contributed by atoms with Crippen molar-refractivity contribution < 1.29 is 14.3 Å². The number of thioether (sulfide) groups is 1. The average molecular weight is 399 g/mol. The molecule has 1 aliphatic rings. The van der Waals surface area contributed by atoms with Crippen LogP contribution in [0.3, 0.4) is 0 Å². The fraction of sp³-hybridized carbons (Fsp3) is 0.364. The largest absolute Gasteiger partial charge is 0.484 e. The summed E-state index contributed by atoms with van der Waals surface area (Å²) in [5.41, 5.74) is 2.07. The average Bonchev–Trinajstić information content (AvgIpc) is 2.74. The Labute approximate surface area is 170 Å². The van der Waals surface area contributed by atoms with Crippen LogP contribution >= 0.6 is 11.8 Å². The molecule has 1 heterocycles. The van der Waals surface area contributed by atoms with Crippen LogP contribution in [0.1, 0.15) is 18.4 Å². The molecule has 1 aliphatic heterocycles. The van der Waals surface area contributed by atoms with Crippen LogP contribution in [0.5, 0.6) is 5.75 Å². The summed E-state index contributed by atoms with van der Waals surface area (Å²) in [5.74, 6) is 1.59. The molecule has 1 fully saturated rings. The number of rotatable bonds is 7. The second kappa shape index (κ2) is 10.2. The number of ether oxygens (including phenoxy) is 1. The molecule has 2 aromatic carbocycles. The molecule has 0 saturated carbocycles. The first-order valence-electron chi connectivity index (χ1n) is 9.50. The third-order valence-corrected chi connectivity index (χ3v) is 5.48. The fourth-order valence-electron chi connectivity index (χ4n) is 3.24. The molecule has 0 aliphatic carbocycles. The summed E-state index contributed by atoms with van der Waals surface area (Å²) in [6.45, 7) is 1.20. The first-order valence-corrected chi connectivity index (χ1v) is 10.9. The maximum atomic E-state index is 12.5. The summed E-state index contributed by atoms with van der Waals surface area (Å²) in [6.07, 6.45) is 3.42. The minimum absolute atomic E-state index is 0.0310. The predicted octanol–water partition coefficient (Wildman–Crippen LogP) is 3.81. The summed E-state index contributed by atoms with van der Waals surface area (Å²) in [4.78, 5) is 26.6. The standard InChI is InChI=1S/C22H26N2O3S/c1-28-16-17-7-9-19(10-8-17)23-22(26)18-11-13-24(14-12-18)21(25)15-27-20-5-3-2-4-6-20/h2-10,18H,11-16H2,1H3,(H,23,26). The smallest absolute Gasteiger partial charge is 0.260 e. The Balaban J connectivity index is 1.42. The minimum atomic E-state index is -0.0648. The zero-order valence-corrected chi connectivity index (χ0v) is 16.9. The van der Waals surface area contributed by atoms with Gasteiger partial charge in [-0.1, -0.05) is 30.3 Å². The number of likely N-dealkylation sites (tertiary alicyclic amines) is 1. The highest BCUT2D eigenvalue weighted by Crippen LogP contribution is 2.21. The van der Waals surface area contributed by atoms with Crippen molar-refractivity contribution in [1.29, 1.82) is 0 Å². The zero-order chi connectivity index (χ0) is 19.8. The lowest BCUT2D eigenvalue weighted by atomic mass is 9.95. The SMILES string of the molecule is CSCc1ccc(NC(=O)C2CCN(C(=O)COc3ccccc3)CC2)cc1. The van der Waals surface area contributed by atoms with Crippen molar-refractivity contribution >= 4 is 29.3 Å². The number of benzene rings is 2. The van der Waals surface area contributed by atoms with Gasteiger partial charge in [-0.3, -0.25) is 9.59 Å². The van der Waals surface area contributed by atoms with E-state index in [9.17, 15) is 9.59 Å². The number of piperidine rings is 1. The molecule has 6 heteroatoms. The normalized spacial score (nSPS) is 14.5. The van der Waals surface area contributed by atoms with Crippen LogP contribution in [0.25, 0.3) is 0 Å². The quantitative estimate of drug-likeness (QED) is 0.771. The highest BCUT2D eigenvalue weighted by atomic mass is 32.2. The summed E-state index contributed by atoms with van der Waals surface area (Å²) in [5, 5.41) is 3.00. The van der Waals surface area contributed by atoms with Crippen LogP contribution in [0.2, 0.25) is 0 Å². The molecule has 2 aromatic rings. The minimum Gasteiger partial charge on any atom is -0.484 e. The predicted molar refractivity (Wildman–Crippen MR) is 114 cm³/mol. The van der Waals surface area contributed by atoms with E-state index in [1.54, 1.807) is 16.7 Å². The lowest BCUT2D eigenvalue weighted by Gasteiger charge is -2.31. The Kier molecular flexibility index (Phi) is 7.37. The Morgan fingerprint density at radius 2 is 1.75 bits per heavy atom. The van der Waals surface area contributed by atoms with Gasteiger partial charge in [-0.2, -0.15) is 11.8 Å². The fourth-order valence-corrected chi connectivity index (χ4v) is 3.77. The first-order chi connectivity index (χ1) is 13.7. The van der Waals surface area contributed by atoms with Gasteiger partial charge in [-0.05, 0) is 48.9 Å². The number of hydrogen-bond donors (Lipinski definition) is 1. The molecule has 28 heavy (non-hydrogen) atoms. The van der Waals surface area contributed by atoms with Crippen molar-refractivity contribution in [3.8, 4) is 5.75 Å². The summed E-state index contributed by atoms with van der Waals surface area (Å²) < 4.78 is 5.53. The van der Waals surface area contributed by atoms with Crippen molar-refractivity contribution in [2.45, 2.75) is 18.6 Å². The van der Waals surface area contributed by atoms with Crippen LogP contribution in [0.15, 0.2) is 54.6 Å². The van der Waals surface area contributed by atoms with E-state index in [2.05, 4.69) is 11.6 Å². The van der Waals surface area contributed by atoms with Gasteiger partial charge in [-0.25, -0.2) is 0 Å². The molecule has 0 aromatic heterocycles. The second-order valence-corrected chi connectivity index (χ2v) is 7.74. The van der Waals surface area contributed by atoms with Gasteiger partial charge in [0.15, 0.2) is 6.61 Å². The van der Waals surface area contributed by atoms with Gasteiger partial charge >= 0.3 is 0 Å². The Morgan fingerprint density at radius 3 is 2.39 bits per heavy atom. The Hall–Kier alpha value is -2.47. The van der Waals surface area contributed by atoms with Gasteiger partial charge < -0.3 is 15.0 Å². The van der Waals surface area contributed by atoms with Crippen LogP contribution in [0.4, 0.5) is 5.69 Å². The van der Waals surface area contributed by atoms with Gasteiger partial charge in [0.2, 0.25) is 5.91 Å². The highest BCUT2D eigenvalue weighted by Gasteiger charge is 2.27. The van der Waals surface area contributed by atoms with Crippen molar-refractivity contribution in [2.24, 2.45) is 5.92 Å². The molecule has 1 N–H and O–H groups in total. The van der Waals surface area contributed by atoms with Gasteiger partial charge in [0.25, 0.3) is 5.91 Å². The molecule has 0 radical (unpaired) electrons. The first kappa shape index (κ1) is 20.3. The van der Waals surface area contributed by atoms with E-state index in [-0.39, 0.29) is 24.3 Å². The van der Waals surface area contributed by atoms with E-state index in [4.69, 9.17) is 4.74 Å². The molecular weight excluding hydrogens is 372 g/mol. The van der Waals surface area contributed by atoms with Gasteiger partial charge in [0.1, 0.15) is 5.75 Å². The highest BCUT2D eigenvalue weighted by molar-refractivity contribution is 7.97. The molecule has 1 saturated heterocycles. The molecule has 148 valence electrons. The van der Waals surface area contributed by atoms with Crippen molar-refractivity contribution in [3.63, 3.8) is 0 Å². The van der Waals surface area contributed by atoms with Crippen molar-refractivity contribution in [1.82, 2.24) is 4.90 Å². The summed E-state index contributed by atoms with van der Waals surface area (Å²) >= 11 is 1.77. The molecule has 3 rings (SSSR count). The van der Waals surface area contributed by atoms with E-state index in [1.165, 1.54) is 5.56 Å². The molecule has 0 atom stereocenters. The van der Waals surface area contributed by atoms with E-state index >= 15 is 0 Å². The molecular formula is C22H26N2O3S. The van der Waals surface area contributed by atoms with Crippen LogP contribution in [-0.2, 0) is 15.3 Å². The molecule has 0 bridgehead atoms. The lowest BCUT2D eigenvalue weighted by Crippen LogP contribution is -2.43. The van der Waals surface area contributed by atoms with Gasteiger partial charge in [-0.15, -0.1) is 0 Å². The lowest BCUT2D eigenvalue weighted by molar-refractivity contribution is -0.136. The third-order valence-electron chi connectivity index (χ3n) is 4.86. The van der Waals surface area contributed by atoms with E-state index in [0.717, 1.165) is 11.4 Å². The number of carbonyl (C=O) groups excluding carboxylic acids is 2. The number of nitrogens with one attached hydrogen (secondary N) is 1. The molecule has 5 nitrogen and oxygen atoms in total. The zero-order valence-electron chi connectivity index (χ0n) is 16.1. The van der Waals surface area contributed by atoms with Crippen molar-refractivity contribution in [2.75, 3.05) is 31.3 Å². The van der Waals surface area contributed by atoms with E-state index in [0.29, 0.717) is 31.7 Å². The van der Waals surface area contributed by atoms with E-state index in [1.807, 2.05) is 54.6 Å². The van der Waals surface area contributed by atoms with Crippen molar-refractivity contribution in [3.05, 3.63) is 60.2 Å². The number of hydrogen-bond acceptors (Lipinski definition) is 4. The Bertz CT molecular complexity index is 772. The number of nitrogens with zero attached hydrogens (tertiary/aromatic N) is 1. The molecule has 0 spiro atoms. The number of carbonyl (C=O) groups is 2. The summed E-state index contributed by atoms with van der Waals surface area (Å²) in [7, 11) is 0. The number of anilines is 1. The topological polar surface area (TPSA) is 58.6 Å². The van der Waals surface area contributed by atoms with Crippen LogP contribution < -0.4 is 10.1 Å². The Morgan fingerprint density at radius 1 is 1.07 bits per heavy atom. The van der Waals surface area contributed by atoms with Crippen LogP contribution in [-0.4, -0.2) is 42.7 Å². The maximum Gasteiger partial charge on any atom is 0.260 e. The van der Waals surface area contributed by atoms with E-state index < -0.39 is 0 Å². The third kappa shape index (κ3) is 5.76. The maximum absolute atomic E-state index is 12.5. The van der Waals surface area contributed by atoms with Gasteiger partial charge in [0, 0.05) is 30.4 Å². The van der Waals surface area contributed by atoms with Gasteiger partial charge in [0.05, 0.1) is 0 Å². The second-order valence-electron chi connectivity index (χ2n) is 6.88. The van der Waals surface area contributed by atoms with Crippen LogP contribution in [0, 0.1) is 5.92 Å². The number of para-hydroxylation sites is 1. The number of amides is 2.